The van der Waals surface area contributed by atoms with Crippen molar-refractivity contribution in [3.8, 4) is 0 Å². The zero-order chi connectivity index (χ0) is 15.1. The molecule has 116 valence electrons. The van der Waals surface area contributed by atoms with Crippen molar-refractivity contribution < 1.29 is 9.32 Å². The lowest BCUT2D eigenvalue weighted by Crippen LogP contribution is -2.36. The Hall–Kier alpha value is -2.25. The molecule has 2 fully saturated rings. The number of nitrogens with zero attached hydrogens (tertiary/aromatic N) is 6. The van der Waals surface area contributed by atoms with Gasteiger partial charge in [-0.05, 0) is 32.6 Å². The highest BCUT2D eigenvalue weighted by Crippen LogP contribution is 2.40. The summed E-state index contributed by atoms with van der Waals surface area (Å²) in [5.74, 6) is 1.81. The van der Waals surface area contributed by atoms with E-state index < -0.39 is 0 Å². The molecule has 2 atom stereocenters. The summed E-state index contributed by atoms with van der Waals surface area (Å²) >= 11 is 0. The van der Waals surface area contributed by atoms with Crippen LogP contribution in [0.3, 0.4) is 0 Å². The molecule has 0 N–H and O–H groups in total. The highest BCUT2D eigenvalue weighted by Gasteiger charge is 2.37. The first-order valence-corrected chi connectivity index (χ1v) is 7.72. The van der Waals surface area contributed by atoms with Gasteiger partial charge in [-0.25, -0.2) is 9.67 Å². The number of carbonyl (C=O) groups excluding carboxylic acids is 1. The Morgan fingerprint density at radius 2 is 2.27 bits per heavy atom. The lowest BCUT2D eigenvalue weighted by Gasteiger charge is -2.25. The zero-order valence-corrected chi connectivity index (χ0v) is 12.4. The van der Waals surface area contributed by atoms with Gasteiger partial charge in [0.1, 0.15) is 18.7 Å². The van der Waals surface area contributed by atoms with Crippen LogP contribution in [0.4, 0.5) is 0 Å². The molecule has 4 rings (SSSR count). The maximum atomic E-state index is 12.7. The molecule has 8 heteroatoms. The number of hydrogen-bond donors (Lipinski definition) is 0. The van der Waals surface area contributed by atoms with E-state index in [4.69, 9.17) is 4.52 Å². The third-order valence-electron chi connectivity index (χ3n) is 4.41. The van der Waals surface area contributed by atoms with Crippen molar-refractivity contribution in [2.75, 3.05) is 6.54 Å². The summed E-state index contributed by atoms with van der Waals surface area (Å²) in [7, 11) is 0. The largest absolute Gasteiger partial charge is 0.339 e. The molecule has 0 aromatic carbocycles. The summed E-state index contributed by atoms with van der Waals surface area (Å²) in [4.78, 5) is 23.0. The van der Waals surface area contributed by atoms with Gasteiger partial charge in [0.25, 0.3) is 0 Å². The summed E-state index contributed by atoms with van der Waals surface area (Å²) < 4.78 is 6.91. The topological polar surface area (TPSA) is 89.9 Å². The number of likely N-dealkylation sites (tertiary alicyclic amines) is 1. The predicted octanol–water partition coefficient (Wildman–Crippen LogP) is 1.46. The van der Waals surface area contributed by atoms with Gasteiger partial charge in [0.2, 0.25) is 11.8 Å². The lowest BCUT2D eigenvalue weighted by atomic mass is 10.2. The number of rotatable bonds is 4. The summed E-state index contributed by atoms with van der Waals surface area (Å²) in [6.45, 7) is 2.55. The van der Waals surface area contributed by atoms with Crippen molar-refractivity contribution >= 4 is 5.91 Å². The molecule has 1 saturated heterocycles. The summed E-state index contributed by atoms with van der Waals surface area (Å²) in [5.41, 5.74) is 0. The quantitative estimate of drug-likeness (QED) is 0.849. The maximum absolute atomic E-state index is 12.7. The number of hydrogen-bond acceptors (Lipinski definition) is 6. The molecule has 2 aromatic rings. The van der Waals surface area contributed by atoms with Crippen molar-refractivity contribution in [2.45, 2.75) is 50.6 Å². The van der Waals surface area contributed by atoms with Gasteiger partial charge in [0, 0.05) is 12.5 Å². The van der Waals surface area contributed by atoms with E-state index in [-0.39, 0.29) is 18.0 Å². The van der Waals surface area contributed by atoms with Gasteiger partial charge in [0.05, 0.1) is 6.04 Å². The van der Waals surface area contributed by atoms with Crippen LogP contribution in [0, 0.1) is 0 Å². The zero-order valence-electron chi connectivity index (χ0n) is 12.4. The van der Waals surface area contributed by atoms with Crippen LogP contribution in [0.5, 0.6) is 0 Å². The molecule has 0 bridgehead atoms. The van der Waals surface area contributed by atoms with Crippen LogP contribution in [0.15, 0.2) is 17.2 Å². The van der Waals surface area contributed by atoms with E-state index in [2.05, 4.69) is 20.2 Å². The molecule has 0 spiro atoms. The van der Waals surface area contributed by atoms with Gasteiger partial charge >= 0.3 is 0 Å². The Kier molecular flexibility index (Phi) is 3.16. The summed E-state index contributed by atoms with van der Waals surface area (Å²) in [5, 5.41) is 8.15. The molecule has 8 nitrogen and oxygen atoms in total. The monoisotopic (exact) mass is 302 g/mol. The first kappa shape index (κ1) is 13.4. The average Bonchev–Trinajstić information content (AvgIpc) is 3.02. The van der Waals surface area contributed by atoms with E-state index in [0.717, 1.165) is 38.1 Å². The van der Waals surface area contributed by atoms with Crippen LogP contribution in [-0.4, -0.2) is 42.3 Å². The van der Waals surface area contributed by atoms with Crippen LogP contribution in [0.1, 0.15) is 62.3 Å². The van der Waals surface area contributed by atoms with Crippen LogP contribution >= 0.6 is 0 Å². The van der Waals surface area contributed by atoms with Gasteiger partial charge < -0.3 is 9.42 Å². The number of aromatic nitrogens is 5. The van der Waals surface area contributed by atoms with Gasteiger partial charge in [0.15, 0.2) is 5.82 Å². The van der Waals surface area contributed by atoms with Crippen LogP contribution in [0.2, 0.25) is 0 Å². The Morgan fingerprint density at radius 1 is 1.41 bits per heavy atom. The second-order valence-corrected chi connectivity index (χ2v) is 6.01. The molecule has 1 aliphatic heterocycles. The number of amides is 1. The fourth-order valence-corrected chi connectivity index (χ4v) is 2.95. The first-order valence-electron chi connectivity index (χ1n) is 7.72. The molecule has 22 heavy (non-hydrogen) atoms. The molecule has 1 aliphatic carbocycles. The smallest absolute Gasteiger partial charge is 0.247 e. The van der Waals surface area contributed by atoms with Crippen molar-refractivity contribution in [1.82, 2.24) is 29.8 Å². The van der Waals surface area contributed by atoms with E-state index in [0.29, 0.717) is 11.7 Å². The Labute approximate surface area is 127 Å². The highest BCUT2D eigenvalue weighted by atomic mass is 16.5. The standard InChI is InChI=1S/C14H18N6O2/c1-9(20-8-15-7-16-20)14(21)19-6-2-3-11(19)12-17-13(22-18-12)10-4-5-10/h7-11H,2-6H2,1H3. The van der Waals surface area contributed by atoms with Gasteiger partial charge in [-0.1, -0.05) is 5.16 Å². The van der Waals surface area contributed by atoms with E-state index >= 15 is 0 Å². The Bertz CT molecular complexity index is 663. The maximum Gasteiger partial charge on any atom is 0.247 e. The fourth-order valence-electron chi connectivity index (χ4n) is 2.95. The second-order valence-electron chi connectivity index (χ2n) is 6.01. The lowest BCUT2D eigenvalue weighted by molar-refractivity contribution is -0.135. The first-order chi connectivity index (χ1) is 10.7. The van der Waals surface area contributed by atoms with Gasteiger partial charge in [-0.3, -0.25) is 4.79 Å². The molecule has 3 heterocycles. The van der Waals surface area contributed by atoms with E-state index in [9.17, 15) is 4.79 Å². The van der Waals surface area contributed by atoms with Gasteiger partial charge in [-0.15, -0.1) is 0 Å². The minimum Gasteiger partial charge on any atom is -0.339 e. The van der Waals surface area contributed by atoms with Crippen molar-refractivity contribution in [3.63, 3.8) is 0 Å². The highest BCUT2D eigenvalue weighted by molar-refractivity contribution is 5.80. The minimum atomic E-state index is -0.377. The minimum absolute atomic E-state index is 0.0192. The number of carbonyl (C=O) groups is 1. The summed E-state index contributed by atoms with van der Waals surface area (Å²) in [6, 6.07) is -0.465. The summed E-state index contributed by atoms with van der Waals surface area (Å²) in [6.07, 6.45) is 7.07. The molecule has 2 unspecified atom stereocenters. The molecular formula is C14H18N6O2. The average molecular weight is 302 g/mol. The third kappa shape index (κ3) is 2.28. The van der Waals surface area contributed by atoms with Crippen molar-refractivity contribution in [2.24, 2.45) is 0 Å². The van der Waals surface area contributed by atoms with Crippen LogP contribution < -0.4 is 0 Å². The van der Waals surface area contributed by atoms with E-state index in [1.54, 1.807) is 11.0 Å². The van der Waals surface area contributed by atoms with Gasteiger partial charge in [-0.2, -0.15) is 10.1 Å². The third-order valence-corrected chi connectivity index (χ3v) is 4.41. The molecule has 0 radical (unpaired) electrons. The van der Waals surface area contributed by atoms with E-state index in [1.807, 2.05) is 11.8 Å². The molecule has 2 aromatic heterocycles. The van der Waals surface area contributed by atoms with Crippen LogP contribution in [0.25, 0.3) is 0 Å². The molecular weight excluding hydrogens is 284 g/mol. The SMILES string of the molecule is CC(C(=O)N1CCCC1c1noc(C2CC2)n1)n1cncn1. The normalized spacial score (nSPS) is 23.0. The molecule has 2 aliphatic rings. The molecule has 1 saturated carbocycles. The van der Waals surface area contributed by atoms with Crippen molar-refractivity contribution in [1.29, 1.82) is 0 Å². The van der Waals surface area contributed by atoms with Crippen molar-refractivity contribution in [3.05, 3.63) is 24.4 Å². The fraction of sp³-hybridized carbons (Fsp3) is 0.643. The molecule has 1 amide bonds. The predicted molar refractivity (Wildman–Crippen MR) is 74.7 cm³/mol. The second kappa shape index (κ2) is 5.19. The Morgan fingerprint density at radius 3 is 3.00 bits per heavy atom. The Balaban J connectivity index is 1.53. The van der Waals surface area contributed by atoms with E-state index in [1.165, 1.54) is 6.33 Å². The van der Waals surface area contributed by atoms with Crippen LogP contribution in [-0.2, 0) is 4.79 Å².